The molecule has 112 valence electrons. The van der Waals surface area contributed by atoms with Crippen molar-refractivity contribution < 1.29 is 14.7 Å². The van der Waals surface area contributed by atoms with E-state index in [9.17, 15) is 14.7 Å². The molecule has 0 heterocycles. The number of urea groups is 1. The van der Waals surface area contributed by atoms with Crippen LogP contribution in [0.3, 0.4) is 0 Å². The van der Waals surface area contributed by atoms with Crippen LogP contribution in [0.5, 0.6) is 0 Å². The van der Waals surface area contributed by atoms with Gasteiger partial charge in [-0.25, -0.2) is 9.59 Å². The number of nitrogens with zero attached hydrogens (tertiary/aromatic N) is 2. The molecule has 1 rings (SSSR count). The van der Waals surface area contributed by atoms with E-state index in [-0.39, 0.29) is 12.5 Å². The molecule has 1 saturated carbocycles. The van der Waals surface area contributed by atoms with Crippen LogP contribution in [0.25, 0.3) is 0 Å². The smallest absolute Gasteiger partial charge is 0.329 e. The minimum atomic E-state index is -1.16. The lowest BCUT2D eigenvalue weighted by Gasteiger charge is -2.37. The highest BCUT2D eigenvalue weighted by Crippen LogP contribution is 2.32. The second-order valence-electron chi connectivity index (χ2n) is 5.91. The molecule has 0 spiro atoms. The van der Waals surface area contributed by atoms with Crippen LogP contribution in [0.15, 0.2) is 0 Å². The first-order valence-electron chi connectivity index (χ1n) is 6.97. The number of nitriles is 1. The molecule has 1 fully saturated rings. The number of nitrogens with one attached hydrogen (secondary N) is 1. The maximum atomic E-state index is 12.1. The molecule has 0 aromatic carbocycles. The van der Waals surface area contributed by atoms with Gasteiger partial charge >= 0.3 is 12.0 Å². The molecule has 2 N–H and O–H groups in total. The van der Waals surface area contributed by atoms with E-state index in [0.29, 0.717) is 18.8 Å². The zero-order chi connectivity index (χ0) is 15.3. The fraction of sp³-hybridized carbons (Fsp3) is 0.786. The molecule has 20 heavy (non-hydrogen) atoms. The predicted molar refractivity (Wildman–Crippen MR) is 73.9 cm³/mol. The quantitative estimate of drug-likeness (QED) is 0.822. The first-order valence-corrected chi connectivity index (χ1v) is 6.97. The van der Waals surface area contributed by atoms with E-state index in [1.165, 1.54) is 4.90 Å². The van der Waals surface area contributed by atoms with Crippen LogP contribution >= 0.6 is 0 Å². The van der Waals surface area contributed by atoms with Crippen LogP contribution < -0.4 is 5.32 Å². The first-order chi connectivity index (χ1) is 9.30. The van der Waals surface area contributed by atoms with E-state index in [1.807, 2.05) is 0 Å². The average molecular weight is 281 g/mol. The van der Waals surface area contributed by atoms with Crippen molar-refractivity contribution in [2.24, 2.45) is 11.8 Å². The summed E-state index contributed by atoms with van der Waals surface area (Å²) in [6.45, 7) is 4.10. The third-order valence-corrected chi connectivity index (χ3v) is 4.00. The standard InChI is InChI=1S/C14H23N3O3/c1-10-4-6-14(7-5-10,12(18)19)16-13(20)17(3)9-11(2)8-15/h10-11H,4-7,9H2,1-3H3,(H,16,20)(H,18,19). The fourth-order valence-electron chi connectivity index (χ4n) is 2.48. The second kappa shape index (κ2) is 6.60. The van der Waals surface area contributed by atoms with Gasteiger partial charge in [0.05, 0.1) is 12.0 Å². The van der Waals surface area contributed by atoms with Crippen molar-refractivity contribution in [1.82, 2.24) is 10.2 Å². The molecule has 1 atom stereocenters. The number of aliphatic carboxylic acids is 1. The summed E-state index contributed by atoms with van der Waals surface area (Å²) in [5.41, 5.74) is -1.16. The monoisotopic (exact) mass is 281 g/mol. The van der Waals surface area contributed by atoms with Gasteiger partial charge in [-0.2, -0.15) is 5.26 Å². The topological polar surface area (TPSA) is 93.4 Å². The van der Waals surface area contributed by atoms with Crippen LogP contribution in [0, 0.1) is 23.2 Å². The molecule has 6 heteroatoms. The van der Waals surface area contributed by atoms with Crippen molar-refractivity contribution >= 4 is 12.0 Å². The van der Waals surface area contributed by atoms with Gasteiger partial charge in [-0.1, -0.05) is 6.92 Å². The van der Waals surface area contributed by atoms with E-state index >= 15 is 0 Å². The lowest BCUT2D eigenvalue weighted by atomic mass is 9.77. The Kier molecular flexibility index (Phi) is 5.37. The minimum Gasteiger partial charge on any atom is -0.480 e. The van der Waals surface area contributed by atoms with Gasteiger partial charge in [0.1, 0.15) is 5.54 Å². The molecule has 0 aromatic heterocycles. The summed E-state index contributed by atoms with van der Waals surface area (Å²) in [5.74, 6) is -0.756. The van der Waals surface area contributed by atoms with Crippen molar-refractivity contribution in [2.75, 3.05) is 13.6 Å². The Morgan fingerprint density at radius 2 is 2.05 bits per heavy atom. The molecule has 0 aliphatic heterocycles. The average Bonchev–Trinajstić information content (AvgIpc) is 2.40. The normalized spacial score (nSPS) is 27.2. The van der Waals surface area contributed by atoms with E-state index in [0.717, 1.165) is 12.8 Å². The Labute approximate surface area is 119 Å². The Hall–Kier alpha value is -1.77. The van der Waals surface area contributed by atoms with E-state index in [2.05, 4.69) is 18.3 Å². The molecule has 0 radical (unpaired) electrons. The lowest BCUT2D eigenvalue weighted by Crippen LogP contribution is -2.59. The second-order valence-corrected chi connectivity index (χ2v) is 5.91. The highest BCUT2D eigenvalue weighted by Gasteiger charge is 2.43. The summed E-state index contributed by atoms with van der Waals surface area (Å²) in [4.78, 5) is 25.0. The summed E-state index contributed by atoms with van der Waals surface area (Å²) in [7, 11) is 1.57. The van der Waals surface area contributed by atoms with Crippen molar-refractivity contribution in [2.45, 2.75) is 45.1 Å². The summed E-state index contributed by atoms with van der Waals surface area (Å²) in [5, 5.41) is 20.9. The van der Waals surface area contributed by atoms with Gasteiger partial charge in [-0.05, 0) is 38.5 Å². The van der Waals surface area contributed by atoms with E-state index in [4.69, 9.17) is 5.26 Å². The largest absolute Gasteiger partial charge is 0.480 e. The molecule has 1 unspecified atom stereocenters. The number of carboxylic acids is 1. The highest BCUT2D eigenvalue weighted by molar-refractivity contribution is 5.86. The Balaban J connectivity index is 2.69. The van der Waals surface area contributed by atoms with E-state index < -0.39 is 17.5 Å². The number of hydrogen-bond donors (Lipinski definition) is 2. The van der Waals surface area contributed by atoms with Crippen molar-refractivity contribution in [1.29, 1.82) is 5.26 Å². The Morgan fingerprint density at radius 3 is 2.50 bits per heavy atom. The molecule has 6 nitrogen and oxygen atoms in total. The molecule has 1 aliphatic carbocycles. The Morgan fingerprint density at radius 1 is 1.50 bits per heavy atom. The number of amides is 2. The third kappa shape index (κ3) is 3.86. The van der Waals surface area contributed by atoms with Crippen molar-refractivity contribution in [3.8, 4) is 6.07 Å². The zero-order valence-corrected chi connectivity index (χ0v) is 12.3. The SMILES string of the molecule is CC(C#N)CN(C)C(=O)NC1(C(=O)O)CCC(C)CC1. The maximum Gasteiger partial charge on any atom is 0.329 e. The summed E-state index contributed by atoms with van der Waals surface area (Å²) < 4.78 is 0. The number of hydrogen-bond acceptors (Lipinski definition) is 3. The summed E-state index contributed by atoms with van der Waals surface area (Å²) in [6, 6.07) is 1.63. The molecule has 2 amide bonds. The molecule has 0 bridgehead atoms. The van der Waals surface area contributed by atoms with Gasteiger partial charge in [0.2, 0.25) is 0 Å². The third-order valence-electron chi connectivity index (χ3n) is 4.00. The van der Waals surface area contributed by atoms with Crippen LogP contribution in [-0.4, -0.2) is 41.1 Å². The lowest BCUT2D eigenvalue weighted by molar-refractivity contribution is -0.146. The zero-order valence-electron chi connectivity index (χ0n) is 12.3. The number of carboxylic acid groups (broad SMARTS) is 1. The van der Waals surface area contributed by atoms with E-state index in [1.54, 1.807) is 14.0 Å². The first kappa shape index (κ1) is 16.3. The van der Waals surface area contributed by atoms with Crippen LogP contribution in [0.2, 0.25) is 0 Å². The molecular formula is C14H23N3O3. The number of carbonyl (C=O) groups excluding carboxylic acids is 1. The molecule has 0 aromatic rings. The predicted octanol–water partition coefficient (Wildman–Crippen LogP) is 1.82. The fourth-order valence-corrected chi connectivity index (χ4v) is 2.48. The summed E-state index contributed by atoms with van der Waals surface area (Å²) in [6.07, 6.45) is 2.50. The van der Waals surface area contributed by atoms with Gasteiger partial charge in [-0.15, -0.1) is 0 Å². The number of carbonyl (C=O) groups is 2. The molecule has 0 saturated heterocycles. The molecular weight excluding hydrogens is 258 g/mol. The number of rotatable bonds is 4. The van der Waals surface area contributed by atoms with Crippen LogP contribution in [-0.2, 0) is 4.79 Å². The van der Waals surface area contributed by atoms with Gasteiger partial charge < -0.3 is 15.3 Å². The highest BCUT2D eigenvalue weighted by atomic mass is 16.4. The van der Waals surface area contributed by atoms with Crippen LogP contribution in [0.1, 0.15) is 39.5 Å². The maximum absolute atomic E-state index is 12.1. The van der Waals surface area contributed by atoms with Crippen LogP contribution in [0.4, 0.5) is 4.79 Å². The molecule has 1 aliphatic rings. The van der Waals surface area contributed by atoms with Crippen molar-refractivity contribution in [3.63, 3.8) is 0 Å². The van der Waals surface area contributed by atoms with Gasteiger partial charge in [-0.3, -0.25) is 0 Å². The Bertz CT molecular complexity index is 408. The minimum absolute atomic E-state index is 0.280. The van der Waals surface area contributed by atoms with Gasteiger partial charge in [0, 0.05) is 13.6 Å². The summed E-state index contributed by atoms with van der Waals surface area (Å²) >= 11 is 0. The van der Waals surface area contributed by atoms with Gasteiger partial charge in [0.15, 0.2) is 0 Å². The van der Waals surface area contributed by atoms with Gasteiger partial charge in [0.25, 0.3) is 0 Å². The van der Waals surface area contributed by atoms with Crippen molar-refractivity contribution in [3.05, 3.63) is 0 Å².